The molecule has 2 rings (SSSR count). The first-order chi connectivity index (χ1) is 6.79. The summed E-state index contributed by atoms with van der Waals surface area (Å²) in [5, 5.41) is 0. The molecular weight excluding hydrogens is 168 g/mol. The molecule has 0 aliphatic heterocycles. The zero-order chi connectivity index (χ0) is 9.97. The van der Waals surface area contributed by atoms with Crippen LogP contribution in [0.4, 0.5) is 0 Å². The number of rotatable bonds is 1. The molecule has 0 heterocycles. The molecule has 0 N–H and O–H groups in total. The van der Waals surface area contributed by atoms with Crippen molar-refractivity contribution in [2.75, 3.05) is 0 Å². The first kappa shape index (κ1) is 9.51. The van der Waals surface area contributed by atoms with Crippen LogP contribution in [-0.2, 0) is 0 Å². The SMILES string of the molecule is Cc1ccccc1C1=CCCCC1C. The van der Waals surface area contributed by atoms with E-state index in [1.807, 2.05) is 0 Å². The molecule has 0 fully saturated rings. The van der Waals surface area contributed by atoms with E-state index in [9.17, 15) is 0 Å². The highest BCUT2D eigenvalue weighted by atomic mass is 14.2. The van der Waals surface area contributed by atoms with Gasteiger partial charge in [0.2, 0.25) is 0 Å². The minimum absolute atomic E-state index is 0.741. The summed E-state index contributed by atoms with van der Waals surface area (Å²) in [6.07, 6.45) is 6.39. The fourth-order valence-corrected chi connectivity index (χ4v) is 2.31. The lowest BCUT2D eigenvalue weighted by atomic mass is 9.83. The molecule has 0 saturated heterocycles. The fraction of sp³-hybridized carbons (Fsp3) is 0.429. The van der Waals surface area contributed by atoms with E-state index >= 15 is 0 Å². The van der Waals surface area contributed by atoms with Crippen molar-refractivity contribution < 1.29 is 0 Å². The van der Waals surface area contributed by atoms with E-state index in [-0.39, 0.29) is 0 Å². The van der Waals surface area contributed by atoms with Gasteiger partial charge in [0.1, 0.15) is 0 Å². The topological polar surface area (TPSA) is 0 Å². The summed E-state index contributed by atoms with van der Waals surface area (Å²) in [4.78, 5) is 0. The Balaban J connectivity index is 2.39. The van der Waals surface area contributed by atoms with Crippen LogP contribution in [0.5, 0.6) is 0 Å². The fourth-order valence-electron chi connectivity index (χ4n) is 2.31. The lowest BCUT2D eigenvalue weighted by Gasteiger charge is -2.22. The Hall–Kier alpha value is -1.04. The van der Waals surface area contributed by atoms with E-state index in [4.69, 9.17) is 0 Å². The molecule has 1 atom stereocenters. The maximum absolute atomic E-state index is 2.43. The molecule has 0 heteroatoms. The molecule has 1 unspecified atom stereocenters. The van der Waals surface area contributed by atoms with Crippen LogP contribution in [0.15, 0.2) is 30.3 Å². The van der Waals surface area contributed by atoms with Gasteiger partial charge in [-0.1, -0.05) is 37.3 Å². The third-order valence-corrected chi connectivity index (χ3v) is 3.19. The lowest BCUT2D eigenvalue weighted by Crippen LogP contribution is -2.04. The maximum atomic E-state index is 2.43. The van der Waals surface area contributed by atoms with Gasteiger partial charge >= 0.3 is 0 Å². The highest BCUT2D eigenvalue weighted by molar-refractivity contribution is 5.70. The average molecular weight is 186 g/mol. The molecule has 1 aliphatic carbocycles. The number of hydrogen-bond donors (Lipinski definition) is 0. The number of hydrogen-bond acceptors (Lipinski definition) is 0. The van der Waals surface area contributed by atoms with Crippen molar-refractivity contribution in [2.45, 2.75) is 33.1 Å². The van der Waals surface area contributed by atoms with Crippen molar-refractivity contribution in [3.8, 4) is 0 Å². The predicted molar refractivity (Wildman–Crippen MR) is 62.2 cm³/mol. The third kappa shape index (κ3) is 1.75. The van der Waals surface area contributed by atoms with Crippen LogP contribution >= 0.6 is 0 Å². The van der Waals surface area contributed by atoms with Crippen LogP contribution in [-0.4, -0.2) is 0 Å². The Morgan fingerprint density at radius 3 is 2.71 bits per heavy atom. The zero-order valence-electron chi connectivity index (χ0n) is 9.09. The van der Waals surface area contributed by atoms with Gasteiger partial charge in [-0.3, -0.25) is 0 Å². The van der Waals surface area contributed by atoms with Gasteiger partial charge < -0.3 is 0 Å². The molecule has 0 spiro atoms. The summed E-state index contributed by atoms with van der Waals surface area (Å²) in [5.41, 5.74) is 4.43. The van der Waals surface area contributed by atoms with Crippen molar-refractivity contribution in [1.29, 1.82) is 0 Å². The van der Waals surface area contributed by atoms with Crippen molar-refractivity contribution in [3.63, 3.8) is 0 Å². The number of benzene rings is 1. The second kappa shape index (κ2) is 4.00. The molecule has 0 saturated carbocycles. The first-order valence-corrected chi connectivity index (χ1v) is 5.55. The predicted octanol–water partition coefficient (Wildman–Crippen LogP) is 4.20. The normalized spacial score (nSPS) is 21.9. The summed E-state index contributed by atoms with van der Waals surface area (Å²) >= 11 is 0. The van der Waals surface area contributed by atoms with E-state index in [1.54, 1.807) is 5.57 Å². The van der Waals surface area contributed by atoms with Crippen molar-refractivity contribution in [1.82, 2.24) is 0 Å². The van der Waals surface area contributed by atoms with Gasteiger partial charge in [0.15, 0.2) is 0 Å². The van der Waals surface area contributed by atoms with Crippen molar-refractivity contribution in [3.05, 3.63) is 41.5 Å². The van der Waals surface area contributed by atoms with Gasteiger partial charge in [0.05, 0.1) is 0 Å². The van der Waals surface area contributed by atoms with Gasteiger partial charge in [-0.05, 0) is 48.8 Å². The molecular formula is C14H18. The highest BCUT2D eigenvalue weighted by Gasteiger charge is 2.15. The molecule has 0 radical (unpaired) electrons. The Bertz CT molecular complexity index is 347. The Labute approximate surface area is 86.7 Å². The molecule has 0 bridgehead atoms. The standard InChI is InChI=1S/C14H18/c1-11-7-3-5-9-13(11)14-10-6-4-8-12(14)2/h3,5,7,9-10,12H,4,6,8H2,1-2H3. The summed E-state index contributed by atoms with van der Waals surface area (Å²) in [5.74, 6) is 0.741. The van der Waals surface area contributed by atoms with E-state index in [1.165, 1.54) is 30.4 Å². The Morgan fingerprint density at radius 2 is 2.00 bits per heavy atom. The van der Waals surface area contributed by atoms with Crippen LogP contribution in [0.3, 0.4) is 0 Å². The molecule has 74 valence electrons. The van der Waals surface area contributed by atoms with Crippen molar-refractivity contribution in [2.24, 2.45) is 5.92 Å². The average Bonchev–Trinajstić information content (AvgIpc) is 2.20. The van der Waals surface area contributed by atoms with Gasteiger partial charge in [0, 0.05) is 0 Å². The molecule has 0 nitrogen and oxygen atoms in total. The summed E-state index contributed by atoms with van der Waals surface area (Å²) in [7, 11) is 0. The smallest absolute Gasteiger partial charge is 0.0187 e. The van der Waals surface area contributed by atoms with Gasteiger partial charge in [-0.2, -0.15) is 0 Å². The van der Waals surface area contributed by atoms with Crippen LogP contribution in [0, 0.1) is 12.8 Å². The molecule has 1 aliphatic rings. The van der Waals surface area contributed by atoms with Crippen LogP contribution in [0.1, 0.15) is 37.3 Å². The van der Waals surface area contributed by atoms with Gasteiger partial charge in [-0.25, -0.2) is 0 Å². The molecule has 1 aromatic rings. The second-order valence-corrected chi connectivity index (χ2v) is 4.31. The highest BCUT2D eigenvalue weighted by Crippen LogP contribution is 2.33. The largest absolute Gasteiger partial charge is 0.0804 e. The monoisotopic (exact) mass is 186 g/mol. The lowest BCUT2D eigenvalue weighted by molar-refractivity contribution is 0.601. The van der Waals surface area contributed by atoms with E-state index in [2.05, 4.69) is 44.2 Å². The van der Waals surface area contributed by atoms with E-state index in [0.29, 0.717) is 0 Å². The van der Waals surface area contributed by atoms with E-state index in [0.717, 1.165) is 5.92 Å². The minimum Gasteiger partial charge on any atom is -0.0804 e. The summed E-state index contributed by atoms with van der Waals surface area (Å²) in [6.45, 7) is 4.55. The summed E-state index contributed by atoms with van der Waals surface area (Å²) in [6, 6.07) is 8.72. The Morgan fingerprint density at radius 1 is 1.21 bits per heavy atom. The second-order valence-electron chi connectivity index (χ2n) is 4.31. The van der Waals surface area contributed by atoms with Crippen LogP contribution in [0.25, 0.3) is 5.57 Å². The molecule has 14 heavy (non-hydrogen) atoms. The molecule has 0 amide bonds. The number of allylic oxidation sites excluding steroid dienone is 2. The quantitative estimate of drug-likeness (QED) is 0.616. The number of aryl methyl sites for hydroxylation is 1. The van der Waals surface area contributed by atoms with Crippen LogP contribution < -0.4 is 0 Å². The maximum Gasteiger partial charge on any atom is -0.0187 e. The molecule has 1 aromatic carbocycles. The summed E-state index contributed by atoms with van der Waals surface area (Å²) < 4.78 is 0. The zero-order valence-corrected chi connectivity index (χ0v) is 9.09. The molecule has 0 aromatic heterocycles. The Kier molecular flexibility index (Phi) is 2.72. The minimum atomic E-state index is 0.741. The van der Waals surface area contributed by atoms with Gasteiger partial charge in [-0.15, -0.1) is 0 Å². The first-order valence-electron chi connectivity index (χ1n) is 5.55. The van der Waals surface area contributed by atoms with Crippen molar-refractivity contribution >= 4 is 5.57 Å². The third-order valence-electron chi connectivity index (χ3n) is 3.19. The van der Waals surface area contributed by atoms with Gasteiger partial charge in [0.25, 0.3) is 0 Å². The van der Waals surface area contributed by atoms with Crippen LogP contribution in [0.2, 0.25) is 0 Å². The van der Waals surface area contributed by atoms with E-state index < -0.39 is 0 Å².